The molecule has 98 valence electrons. The number of hydrogen-bond donors (Lipinski definition) is 3. The highest BCUT2D eigenvalue weighted by atomic mass is 32.2. The molecule has 0 spiro atoms. The Kier molecular flexibility index (Phi) is 3.34. The quantitative estimate of drug-likeness (QED) is 0.665. The van der Waals surface area contributed by atoms with Crippen molar-refractivity contribution >= 4 is 33.2 Å². The third kappa shape index (κ3) is 2.51. The van der Waals surface area contributed by atoms with Gasteiger partial charge in [0, 0.05) is 0 Å². The zero-order valence-electron chi connectivity index (χ0n) is 8.74. The SMILES string of the molecule is O=C(O)c1ccc(S(=O)(=O)N[C@@H]2CONC2=O)s1. The van der Waals surface area contributed by atoms with Crippen LogP contribution in [0.3, 0.4) is 0 Å². The second-order valence-corrected chi connectivity index (χ2v) is 6.40. The number of carboxylic acid groups (broad SMARTS) is 1. The van der Waals surface area contributed by atoms with Crippen molar-refractivity contribution in [1.82, 2.24) is 10.2 Å². The molecule has 10 heteroatoms. The average Bonchev–Trinajstić information content (AvgIpc) is 2.88. The number of rotatable bonds is 4. The number of nitrogens with one attached hydrogen (secondary N) is 2. The van der Waals surface area contributed by atoms with Crippen LogP contribution >= 0.6 is 11.3 Å². The Morgan fingerprint density at radius 3 is 2.78 bits per heavy atom. The van der Waals surface area contributed by atoms with Gasteiger partial charge in [-0.2, -0.15) is 4.72 Å². The van der Waals surface area contributed by atoms with Crippen molar-refractivity contribution in [3.63, 3.8) is 0 Å². The summed E-state index contributed by atoms with van der Waals surface area (Å²) in [6.07, 6.45) is 0. The highest BCUT2D eigenvalue weighted by Crippen LogP contribution is 2.21. The molecule has 8 nitrogen and oxygen atoms in total. The Labute approximate surface area is 106 Å². The third-order valence-electron chi connectivity index (χ3n) is 2.09. The first-order valence-electron chi connectivity index (χ1n) is 4.67. The van der Waals surface area contributed by atoms with Crippen molar-refractivity contribution in [3.05, 3.63) is 17.0 Å². The summed E-state index contributed by atoms with van der Waals surface area (Å²) in [6.45, 7) is -0.116. The predicted molar refractivity (Wildman–Crippen MR) is 59.5 cm³/mol. The lowest BCUT2D eigenvalue weighted by Crippen LogP contribution is -2.41. The third-order valence-corrected chi connectivity index (χ3v) is 5.13. The zero-order chi connectivity index (χ0) is 13.3. The number of hydroxylamine groups is 1. The van der Waals surface area contributed by atoms with Crippen LogP contribution in [-0.2, 0) is 19.7 Å². The topological polar surface area (TPSA) is 122 Å². The molecule has 0 bridgehead atoms. The monoisotopic (exact) mass is 292 g/mol. The van der Waals surface area contributed by atoms with Crippen LogP contribution in [0.5, 0.6) is 0 Å². The Hall–Kier alpha value is -1.49. The largest absolute Gasteiger partial charge is 0.477 e. The summed E-state index contributed by atoms with van der Waals surface area (Å²) in [6, 6.07) is 1.35. The van der Waals surface area contributed by atoms with Gasteiger partial charge in [0.1, 0.15) is 21.7 Å². The molecule has 1 aliphatic heterocycles. The van der Waals surface area contributed by atoms with E-state index in [1.54, 1.807) is 0 Å². The van der Waals surface area contributed by atoms with Gasteiger partial charge in [-0.25, -0.2) is 18.7 Å². The van der Waals surface area contributed by atoms with Gasteiger partial charge in [-0.15, -0.1) is 11.3 Å². The van der Waals surface area contributed by atoms with Gasteiger partial charge < -0.3 is 5.11 Å². The van der Waals surface area contributed by atoms with Gasteiger partial charge >= 0.3 is 5.97 Å². The summed E-state index contributed by atoms with van der Waals surface area (Å²) in [5.74, 6) is -1.79. The molecular weight excluding hydrogens is 284 g/mol. The van der Waals surface area contributed by atoms with Crippen molar-refractivity contribution in [2.24, 2.45) is 0 Å². The number of aromatic carboxylic acids is 1. The molecule has 0 unspecified atom stereocenters. The second-order valence-electron chi connectivity index (χ2n) is 3.38. The lowest BCUT2D eigenvalue weighted by Gasteiger charge is -2.07. The van der Waals surface area contributed by atoms with Gasteiger partial charge in [-0.05, 0) is 12.1 Å². The van der Waals surface area contributed by atoms with Crippen LogP contribution in [0, 0.1) is 0 Å². The van der Waals surface area contributed by atoms with E-state index in [9.17, 15) is 18.0 Å². The molecule has 0 aromatic carbocycles. The van der Waals surface area contributed by atoms with Gasteiger partial charge in [0.25, 0.3) is 15.9 Å². The first-order chi connectivity index (χ1) is 8.40. The Morgan fingerprint density at radius 1 is 1.56 bits per heavy atom. The lowest BCUT2D eigenvalue weighted by molar-refractivity contribution is -0.124. The van der Waals surface area contributed by atoms with E-state index in [1.807, 2.05) is 5.48 Å². The molecule has 2 rings (SSSR count). The van der Waals surface area contributed by atoms with Gasteiger partial charge in [0.05, 0.1) is 0 Å². The van der Waals surface area contributed by atoms with E-state index < -0.39 is 27.9 Å². The number of carbonyl (C=O) groups is 2. The molecule has 1 aromatic heterocycles. The van der Waals surface area contributed by atoms with Crippen molar-refractivity contribution in [3.8, 4) is 0 Å². The number of thiophene rings is 1. The summed E-state index contributed by atoms with van der Waals surface area (Å²) in [4.78, 5) is 26.3. The van der Waals surface area contributed by atoms with E-state index in [1.165, 1.54) is 12.1 Å². The first kappa shape index (κ1) is 13.0. The molecule has 0 radical (unpaired) electrons. The van der Waals surface area contributed by atoms with E-state index in [0.29, 0.717) is 11.3 Å². The van der Waals surface area contributed by atoms with Crippen molar-refractivity contribution in [2.75, 3.05) is 6.61 Å². The molecule has 1 saturated heterocycles. The fourth-order valence-corrected chi connectivity index (χ4v) is 3.60. The smallest absolute Gasteiger partial charge is 0.345 e. The molecule has 0 aliphatic carbocycles. The Morgan fingerprint density at radius 2 is 2.28 bits per heavy atom. The predicted octanol–water partition coefficient (Wildman–Crippen LogP) is -0.845. The zero-order valence-corrected chi connectivity index (χ0v) is 10.4. The minimum Gasteiger partial charge on any atom is -0.477 e. The molecule has 18 heavy (non-hydrogen) atoms. The number of carbonyl (C=O) groups excluding carboxylic acids is 1. The van der Waals surface area contributed by atoms with E-state index in [0.717, 1.165) is 0 Å². The van der Waals surface area contributed by atoms with Crippen LogP contribution in [0.2, 0.25) is 0 Å². The lowest BCUT2D eigenvalue weighted by atomic mass is 10.3. The maximum Gasteiger partial charge on any atom is 0.345 e. The minimum atomic E-state index is -3.92. The highest BCUT2D eigenvalue weighted by molar-refractivity contribution is 7.91. The van der Waals surface area contributed by atoms with E-state index >= 15 is 0 Å². The molecule has 1 amide bonds. The standard InChI is InChI=1S/C8H8N2O6S2/c11-7-4(3-16-9-7)10-18(14,15)6-2-1-5(17-6)8(12)13/h1-2,4,10H,3H2,(H,9,11)(H,12,13)/t4-/m1/s1. The number of amides is 1. The fraction of sp³-hybridized carbons (Fsp3) is 0.250. The first-order valence-corrected chi connectivity index (χ1v) is 6.97. The van der Waals surface area contributed by atoms with Crippen molar-refractivity contribution < 1.29 is 28.0 Å². The van der Waals surface area contributed by atoms with Gasteiger partial charge in [0.2, 0.25) is 0 Å². The number of carboxylic acids is 1. The summed E-state index contributed by atoms with van der Waals surface area (Å²) < 4.78 is 25.6. The van der Waals surface area contributed by atoms with E-state index in [4.69, 9.17) is 5.11 Å². The molecule has 1 fully saturated rings. The molecule has 0 saturated carbocycles. The van der Waals surface area contributed by atoms with E-state index in [-0.39, 0.29) is 15.7 Å². The number of hydrogen-bond acceptors (Lipinski definition) is 6. The van der Waals surface area contributed by atoms with Crippen LogP contribution in [0.25, 0.3) is 0 Å². The van der Waals surface area contributed by atoms with Crippen LogP contribution in [-0.4, -0.2) is 38.0 Å². The Balaban J connectivity index is 2.19. The maximum atomic E-state index is 11.8. The molecule has 1 aromatic rings. The normalized spacial score (nSPS) is 19.8. The van der Waals surface area contributed by atoms with Gasteiger partial charge in [0.15, 0.2) is 0 Å². The second kappa shape index (κ2) is 4.65. The summed E-state index contributed by atoms with van der Waals surface area (Å²) in [5, 5.41) is 8.70. The fourth-order valence-electron chi connectivity index (χ4n) is 1.26. The van der Waals surface area contributed by atoms with Crippen LogP contribution in [0.4, 0.5) is 0 Å². The van der Waals surface area contributed by atoms with Crippen molar-refractivity contribution in [1.29, 1.82) is 0 Å². The maximum absolute atomic E-state index is 11.8. The summed E-state index contributed by atoms with van der Waals surface area (Å²) >= 11 is 0.610. The van der Waals surface area contributed by atoms with Crippen LogP contribution in [0.1, 0.15) is 9.67 Å². The molecule has 3 N–H and O–H groups in total. The molecular formula is C8H8N2O6S2. The molecule has 1 aliphatic rings. The van der Waals surface area contributed by atoms with Crippen molar-refractivity contribution in [2.45, 2.75) is 10.3 Å². The minimum absolute atomic E-state index is 0.0949. The van der Waals surface area contributed by atoms with Crippen LogP contribution in [0.15, 0.2) is 16.3 Å². The van der Waals surface area contributed by atoms with Gasteiger partial charge in [-0.1, -0.05) is 0 Å². The number of sulfonamides is 1. The van der Waals surface area contributed by atoms with E-state index in [2.05, 4.69) is 9.56 Å². The summed E-state index contributed by atoms with van der Waals surface area (Å²) in [5.41, 5.74) is 2.01. The molecule has 2 heterocycles. The van der Waals surface area contributed by atoms with Gasteiger partial charge in [-0.3, -0.25) is 9.63 Å². The average molecular weight is 292 g/mol. The highest BCUT2D eigenvalue weighted by Gasteiger charge is 2.31. The van der Waals surface area contributed by atoms with Crippen LogP contribution < -0.4 is 10.2 Å². The molecule has 1 atom stereocenters. The summed E-state index contributed by atoms with van der Waals surface area (Å²) in [7, 11) is -3.92. The Bertz CT molecular complexity index is 592.